The summed E-state index contributed by atoms with van der Waals surface area (Å²) in [5.74, 6) is -0.128. The Balaban J connectivity index is 1.58. The number of nitrogens with one attached hydrogen (secondary N) is 2. The van der Waals surface area contributed by atoms with Gasteiger partial charge in [0, 0.05) is 24.3 Å². The molecule has 1 unspecified atom stereocenters. The molecule has 1 atom stereocenters. The highest BCUT2D eigenvalue weighted by molar-refractivity contribution is 5.54. The molecule has 3 rings (SSSR count). The first-order chi connectivity index (χ1) is 8.31. The van der Waals surface area contributed by atoms with Crippen molar-refractivity contribution in [2.75, 3.05) is 11.9 Å². The first-order valence-corrected chi connectivity index (χ1v) is 6.59. The Bertz CT molecular complexity index is 401. The van der Waals surface area contributed by atoms with Crippen LogP contribution >= 0.6 is 0 Å². The van der Waals surface area contributed by atoms with E-state index in [1.54, 1.807) is 6.07 Å². The predicted octanol–water partition coefficient (Wildman–Crippen LogP) is 2.69. The minimum atomic E-state index is -0.128. The zero-order valence-electron chi connectivity index (χ0n) is 10.0. The summed E-state index contributed by atoms with van der Waals surface area (Å²) in [6.07, 6.45) is 6.11. The molecule has 2 aliphatic rings. The molecule has 1 heterocycles. The molecule has 1 aliphatic heterocycles. The van der Waals surface area contributed by atoms with E-state index >= 15 is 0 Å². The van der Waals surface area contributed by atoms with Crippen LogP contribution in [0.3, 0.4) is 0 Å². The highest BCUT2D eigenvalue weighted by Crippen LogP contribution is 2.25. The molecule has 0 radical (unpaired) electrons. The zero-order valence-corrected chi connectivity index (χ0v) is 10.0. The summed E-state index contributed by atoms with van der Waals surface area (Å²) in [5.41, 5.74) is 2.22. The maximum absolute atomic E-state index is 13.1. The van der Waals surface area contributed by atoms with E-state index < -0.39 is 0 Å². The Hall–Kier alpha value is -1.09. The van der Waals surface area contributed by atoms with Crippen molar-refractivity contribution in [3.8, 4) is 0 Å². The van der Waals surface area contributed by atoms with Gasteiger partial charge < -0.3 is 10.6 Å². The van der Waals surface area contributed by atoms with Gasteiger partial charge in [0.1, 0.15) is 5.82 Å². The van der Waals surface area contributed by atoms with Crippen molar-refractivity contribution in [1.82, 2.24) is 5.32 Å². The third-order valence-corrected chi connectivity index (χ3v) is 3.95. The highest BCUT2D eigenvalue weighted by atomic mass is 19.1. The second-order valence-corrected chi connectivity index (χ2v) is 5.22. The van der Waals surface area contributed by atoms with Crippen LogP contribution in [0.1, 0.15) is 31.2 Å². The van der Waals surface area contributed by atoms with Crippen LogP contribution < -0.4 is 10.6 Å². The van der Waals surface area contributed by atoms with Crippen molar-refractivity contribution in [2.45, 2.75) is 44.2 Å². The highest BCUT2D eigenvalue weighted by Gasteiger charge is 2.21. The van der Waals surface area contributed by atoms with Gasteiger partial charge in [-0.1, -0.05) is 6.42 Å². The van der Waals surface area contributed by atoms with Gasteiger partial charge in [-0.15, -0.1) is 0 Å². The van der Waals surface area contributed by atoms with Crippen LogP contribution in [0.2, 0.25) is 0 Å². The summed E-state index contributed by atoms with van der Waals surface area (Å²) >= 11 is 0. The van der Waals surface area contributed by atoms with E-state index in [9.17, 15) is 4.39 Å². The van der Waals surface area contributed by atoms with Gasteiger partial charge in [-0.3, -0.25) is 0 Å². The van der Waals surface area contributed by atoms with Gasteiger partial charge in [-0.25, -0.2) is 4.39 Å². The smallest absolute Gasteiger partial charge is 0.123 e. The first kappa shape index (κ1) is 11.0. The van der Waals surface area contributed by atoms with Crippen LogP contribution in [-0.2, 0) is 6.42 Å². The van der Waals surface area contributed by atoms with E-state index in [4.69, 9.17) is 0 Å². The standard InChI is InChI=1S/C14H19FN2/c15-11-5-7-14-10(8-11)4-6-13(17-14)9-16-12-2-1-3-12/h5,7-8,12-13,16-17H,1-4,6,9H2. The van der Waals surface area contributed by atoms with Crippen LogP contribution in [0.5, 0.6) is 0 Å². The predicted molar refractivity (Wildman–Crippen MR) is 67.8 cm³/mol. The van der Waals surface area contributed by atoms with Gasteiger partial charge in [0.05, 0.1) is 0 Å². The quantitative estimate of drug-likeness (QED) is 0.840. The maximum atomic E-state index is 13.1. The Morgan fingerprint density at radius 2 is 2.18 bits per heavy atom. The van der Waals surface area contributed by atoms with Crippen LogP contribution in [0.15, 0.2) is 18.2 Å². The molecular formula is C14H19FN2. The molecular weight excluding hydrogens is 215 g/mol. The summed E-state index contributed by atoms with van der Waals surface area (Å²) in [5, 5.41) is 7.09. The molecule has 2 N–H and O–H groups in total. The number of fused-ring (bicyclic) bond motifs is 1. The molecule has 2 nitrogen and oxygen atoms in total. The molecule has 0 amide bonds. The van der Waals surface area contributed by atoms with Gasteiger partial charge >= 0.3 is 0 Å². The van der Waals surface area contributed by atoms with Crippen molar-refractivity contribution < 1.29 is 4.39 Å². The Kier molecular flexibility index (Phi) is 3.02. The molecule has 17 heavy (non-hydrogen) atoms. The van der Waals surface area contributed by atoms with Crippen LogP contribution in [0, 0.1) is 5.82 Å². The molecule has 1 aromatic rings. The third kappa shape index (κ3) is 2.44. The van der Waals surface area contributed by atoms with Crippen molar-refractivity contribution in [3.63, 3.8) is 0 Å². The van der Waals surface area contributed by atoms with Crippen molar-refractivity contribution in [3.05, 3.63) is 29.6 Å². The summed E-state index contributed by atoms with van der Waals surface area (Å²) in [7, 11) is 0. The average molecular weight is 234 g/mol. The number of halogens is 1. The zero-order chi connectivity index (χ0) is 11.7. The molecule has 1 aromatic carbocycles. The van der Waals surface area contributed by atoms with Gasteiger partial charge in [0.2, 0.25) is 0 Å². The molecule has 92 valence electrons. The van der Waals surface area contributed by atoms with E-state index in [1.807, 2.05) is 6.07 Å². The van der Waals surface area contributed by atoms with Crippen LogP contribution in [0.25, 0.3) is 0 Å². The van der Waals surface area contributed by atoms with E-state index in [-0.39, 0.29) is 5.82 Å². The molecule has 1 fully saturated rings. The molecule has 0 saturated heterocycles. The van der Waals surface area contributed by atoms with Crippen molar-refractivity contribution in [1.29, 1.82) is 0 Å². The molecule has 0 bridgehead atoms. The second kappa shape index (κ2) is 4.65. The fourth-order valence-electron chi connectivity index (χ4n) is 2.61. The average Bonchev–Trinajstić information content (AvgIpc) is 2.27. The number of anilines is 1. The summed E-state index contributed by atoms with van der Waals surface area (Å²) in [6.45, 7) is 1.03. The minimum absolute atomic E-state index is 0.128. The van der Waals surface area contributed by atoms with Crippen LogP contribution in [0.4, 0.5) is 10.1 Å². The minimum Gasteiger partial charge on any atom is -0.381 e. The van der Waals surface area contributed by atoms with Crippen molar-refractivity contribution >= 4 is 5.69 Å². The van der Waals surface area contributed by atoms with E-state index in [0.717, 1.165) is 36.7 Å². The molecule has 1 aliphatic carbocycles. The van der Waals surface area contributed by atoms with E-state index in [0.29, 0.717) is 6.04 Å². The van der Waals surface area contributed by atoms with Gasteiger partial charge in [-0.2, -0.15) is 0 Å². The summed E-state index contributed by atoms with van der Waals surface area (Å²) < 4.78 is 13.1. The fraction of sp³-hybridized carbons (Fsp3) is 0.571. The van der Waals surface area contributed by atoms with E-state index in [1.165, 1.54) is 25.3 Å². The number of hydrogen-bond acceptors (Lipinski definition) is 2. The number of rotatable bonds is 3. The molecule has 1 saturated carbocycles. The monoisotopic (exact) mass is 234 g/mol. The Morgan fingerprint density at radius 1 is 1.29 bits per heavy atom. The topological polar surface area (TPSA) is 24.1 Å². The number of hydrogen-bond donors (Lipinski definition) is 2. The third-order valence-electron chi connectivity index (χ3n) is 3.95. The van der Waals surface area contributed by atoms with Crippen molar-refractivity contribution in [2.24, 2.45) is 0 Å². The largest absolute Gasteiger partial charge is 0.381 e. The number of aryl methyl sites for hydroxylation is 1. The molecule has 3 heteroatoms. The van der Waals surface area contributed by atoms with Gasteiger partial charge in [0.25, 0.3) is 0 Å². The lowest BCUT2D eigenvalue weighted by molar-refractivity contribution is 0.331. The lowest BCUT2D eigenvalue weighted by Gasteiger charge is -2.32. The molecule has 0 aromatic heterocycles. The van der Waals surface area contributed by atoms with Crippen LogP contribution in [-0.4, -0.2) is 18.6 Å². The van der Waals surface area contributed by atoms with Gasteiger partial charge in [-0.05, 0) is 49.4 Å². The van der Waals surface area contributed by atoms with E-state index in [2.05, 4.69) is 10.6 Å². The van der Waals surface area contributed by atoms with Gasteiger partial charge in [0.15, 0.2) is 0 Å². The normalized spacial score (nSPS) is 23.7. The molecule has 0 spiro atoms. The maximum Gasteiger partial charge on any atom is 0.123 e. The second-order valence-electron chi connectivity index (χ2n) is 5.22. The number of benzene rings is 1. The lowest BCUT2D eigenvalue weighted by Crippen LogP contribution is -2.43. The summed E-state index contributed by atoms with van der Waals surface area (Å²) in [6, 6.07) is 6.28. The SMILES string of the molecule is Fc1ccc2c(c1)CCC(CNC1CCC1)N2. The first-order valence-electron chi connectivity index (χ1n) is 6.59. The fourth-order valence-corrected chi connectivity index (χ4v) is 2.61. The summed E-state index contributed by atoms with van der Waals surface area (Å²) in [4.78, 5) is 0. The Morgan fingerprint density at radius 3 is 2.94 bits per heavy atom. The lowest BCUT2D eigenvalue weighted by atomic mass is 9.92. The Labute approximate surface area is 102 Å².